The van der Waals surface area contributed by atoms with E-state index in [0.29, 0.717) is 17.9 Å². The second kappa shape index (κ2) is 8.69. The van der Waals surface area contributed by atoms with E-state index in [-0.39, 0.29) is 24.2 Å². The molecule has 0 bridgehead atoms. The smallest absolute Gasteiger partial charge is 0.232 e. The monoisotopic (exact) mass is 414 g/mol. The number of benzene rings is 2. The number of allylic oxidation sites excluding steroid dienone is 1. The molecule has 29 heavy (non-hydrogen) atoms. The summed E-state index contributed by atoms with van der Waals surface area (Å²) >= 11 is 0. The van der Waals surface area contributed by atoms with Crippen LogP contribution in [0.4, 0.5) is 5.69 Å². The third kappa shape index (κ3) is 5.17. The number of para-hydroxylation sites is 2. The van der Waals surface area contributed by atoms with Gasteiger partial charge < -0.3 is 9.64 Å². The molecule has 0 fully saturated rings. The molecule has 1 unspecified atom stereocenters. The Bertz CT molecular complexity index is 1030. The first-order chi connectivity index (χ1) is 13.8. The molecule has 1 atom stereocenters. The van der Waals surface area contributed by atoms with Crippen LogP contribution in [-0.4, -0.2) is 31.9 Å². The number of hydrogen-bond acceptors (Lipinski definition) is 5. The number of carbonyl (C=O) groups is 1. The fraction of sp³-hybridized carbons (Fsp3) is 0.318. The van der Waals surface area contributed by atoms with Crippen LogP contribution in [0.15, 0.2) is 60.3 Å². The summed E-state index contributed by atoms with van der Waals surface area (Å²) in [5.41, 5.74) is 3.29. The molecule has 0 saturated heterocycles. The van der Waals surface area contributed by atoms with Crippen LogP contribution in [0.25, 0.3) is 0 Å². The van der Waals surface area contributed by atoms with Gasteiger partial charge in [-0.3, -0.25) is 9.52 Å². The van der Waals surface area contributed by atoms with Gasteiger partial charge in [0.25, 0.3) is 0 Å². The van der Waals surface area contributed by atoms with Crippen molar-refractivity contribution in [2.45, 2.75) is 32.9 Å². The Morgan fingerprint density at radius 2 is 1.93 bits per heavy atom. The Balaban J connectivity index is 1.77. The maximum absolute atomic E-state index is 12.5. The van der Waals surface area contributed by atoms with Gasteiger partial charge >= 0.3 is 0 Å². The van der Waals surface area contributed by atoms with Crippen LogP contribution in [0.5, 0.6) is 5.75 Å². The number of ketones is 1. The number of nitrogens with one attached hydrogen (secondary N) is 1. The summed E-state index contributed by atoms with van der Waals surface area (Å²) < 4.78 is 32.2. The van der Waals surface area contributed by atoms with Gasteiger partial charge in [-0.05, 0) is 54.9 Å². The van der Waals surface area contributed by atoms with Gasteiger partial charge in [-0.25, -0.2) is 8.42 Å². The molecule has 0 saturated carbocycles. The van der Waals surface area contributed by atoms with E-state index in [1.54, 1.807) is 31.2 Å². The Labute approximate surface area is 172 Å². The Morgan fingerprint density at radius 1 is 1.17 bits per heavy atom. The lowest BCUT2D eigenvalue weighted by atomic mass is 9.93. The fourth-order valence-corrected chi connectivity index (χ4v) is 4.07. The lowest BCUT2D eigenvalue weighted by Gasteiger charge is -2.31. The van der Waals surface area contributed by atoms with Crippen molar-refractivity contribution in [2.24, 2.45) is 0 Å². The summed E-state index contributed by atoms with van der Waals surface area (Å²) in [7, 11) is -1.49. The van der Waals surface area contributed by atoms with Gasteiger partial charge in [0.2, 0.25) is 10.0 Å². The number of rotatable bonds is 7. The van der Waals surface area contributed by atoms with Crippen LogP contribution in [0.2, 0.25) is 0 Å². The lowest BCUT2D eigenvalue weighted by Crippen LogP contribution is -2.31. The maximum Gasteiger partial charge on any atom is 0.232 e. The number of anilines is 1. The van der Waals surface area contributed by atoms with Crippen LogP contribution in [-0.2, 0) is 21.4 Å². The molecule has 1 heterocycles. The van der Waals surface area contributed by atoms with E-state index in [0.717, 1.165) is 16.7 Å². The molecule has 3 rings (SSSR count). The van der Waals surface area contributed by atoms with Crippen molar-refractivity contribution in [3.63, 3.8) is 0 Å². The third-order valence-corrected chi connectivity index (χ3v) is 6.07. The molecule has 1 aliphatic heterocycles. The Hall–Kier alpha value is -2.80. The number of sulfonamides is 1. The molecular weight excluding hydrogens is 388 g/mol. The average Bonchev–Trinajstić information content (AvgIpc) is 2.67. The topological polar surface area (TPSA) is 75.7 Å². The molecule has 2 aromatic carbocycles. The third-order valence-electron chi connectivity index (χ3n) is 4.78. The van der Waals surface area contributed by atoms with Crippen molar-refractivity contribution in [1.82, 2.24) is 4.90 Å². The van der Waals surface area contributed by atoms with E-state index in [2.05, 4.69) is 4.72 Å². The number of carbonyl (C=O) groups excluding carboxylic acids is 1. The van der Waals surface area contributed by atoms with Gasteiger partial charge in [-0.1, -0.05) is 30.3 Å². The molecule has 1 aliphatic rings. The highest BCUT2D eigenvalue weighted by Gasteiger charge is 2.27. The van der Waals surface area contributed by atoms with Crippen molar-refractivity contribution in [3.05, 3.63) is 71.4 Å². The molecule has 0 spiro atoms. The molecule has 2 aromatic rings. The minimum Gasteiger partial charge on any atom is -0.487 e. The number of nitrogens with zero attached hydrogens (tertiary/aromatic N) is 1. The average molecular weight is 415 g/mol. The Morgan fingerprint density at radius 3 is 2.66 bits per heavy atom. The Kier molecular flexibility index (Phi) is 6.27. The van der Waals surface area contributed by atoms with Crippen molar-refractivity contribution >= 4 is 21.5 Å². The SMILES string of the molecule is CCS(=O)(=O)Nc1ccccc1OCc1cccc(C2C(=O)CC(C)=CN2C)c1. The van der Waals surface area contributed by atoms with Gasteiger partial charge in [0.1, 0.15) is 18.4 Å². The predicted octanol–water partition coefficient (Wildman–Crippen LogP) is 3.88. The van der Waals surface area contributed by atoms with E-state index in [4.69, 9.17) is 4.74 Å². The minimum atomic E-state index is -3.39. The molecule has 0 aliphatic carbocycles. The van der Waals surface area contributed by atoms with Gasteiger partial charge in [0, 0.05) is 13.5 Å². The van der Waals surface area contributed by atoms with E-state index in [1.807, 2.05) is 49.3 Å². The second-order valence-electron chi connectivity index (χ2n) is 7.22. The summed E-state index contributed by atoms with van der Waals surface area (Å²) in [6.07, 6.45) is 2.46. The van der Waals surface area contributed by atoms with E-state index < -0.39 is 10.0 Å². The van der Waals surface area contributed by atoms with Crippen molar-refractivity contribution in [2.75, 3.05) is 17.5 Å². The molecule has 154 valence electrons. The first-order valence-electron chi connectivity index (χ1n) is 9.52. The first kappa shape index (κ1) is 20.9. The highest BCUT2D eigenvalue weighted by atomic mass is 32.2. The van der Waals surface area contributed by atoms with Crippen LogP contribution in [0.1, 0.15) is 37.4 Å². The van der Waals surface area contributed by atoms with Crippen LogP contribution in [0.3, 0.4) is 0 Å². The predicted molar refractivity (Wildman–Crippen MR) is 114 cm³/mol. The summed E-state index contributed by atoms with van der Waals surface area (Å²) in [5, 5.41) is 0. The molecule has 6 nitrogen and oxygen atoms in total. The normalized spacial score (nSPS) is 17.1. The van der Waals surface area contributed by atoms with Gasteiger partial charge in [-0.15, -0.1) is 0 Å². The standard InChI is InChI=1S/C22H26N2O4S/c1-4-29(26,27)23-19-10-5-6-11-21(19)28-15-17-8-7-9-18(13-17)22-20(25)12-16(2)14-24(22)3/h5-11,13-14,22-23H,4,12,15H2,1-3H3. The van der Waals surface area contributed by atoms with Crippen LogP contribution >= 0.6 is 0 Å². The largest absolute Gasteiger partial charge is 0.487 e. The number of ether oxygens (including phenoxy) is 1. The van der Waals surface area contributed by atoms with Crippen LogP contribution in [0, 0.1) is 0 Å². The minimum absolute atomic E-state index is 0.0137. The quantitative estimate of drug-likeness (QED) is 0.744. The van der Waals surface area contributed by atoms with Crippen molar-refractivity contribution in [3.8, 4) is 5.75 Å². The molecule has 0 aromatic heterocycles. The second-order valence-corrected chi connectivity index (χ2v) is 9.23. The van der Waals surface area contributed by atoms with E-state index in [1.165, 1.54) is 0 Å². The maximum atomic E-state index is 12.5. The highest BCUT2D eigenvalue weighted by Crippen LogP contribution is 2.30. The van der Waals surface area contributed by atoms with Gasteiger partial charge in [0.15, 0.2) is 5.78 Å². The van der Waals surface area contributed by atoms with Crippen molar-refractivity contribution in [1.29, 1.82) is 0 Å². The van der Waals surface area contributed by atoms with Gasteiger partial charge in [-0.2, -0.15) is 0 Å². The summed E-state index contributed by atoms with van der Waals surface area (Å²) in [6.45, 7) is 3.80. The highest BCUT2D eigenvalue weighted by molar-refractivity contribution is 7.92. The lowest BCUT2D eigenvalue weighted by molar-refractivity contribution is -0.123. The van der Waals surface area contributed by atoms with E-state index in [9.17, 15) is 13.2 Å². The van der Waals surface area contributed by atoms with E-state index >= 15 is 0 Å². The summed E-state index contributed by atoms with van der Waals surface area (Å²) in [4.78, 5) is 14.5. The zero-order valence-corrected chi connectivity index (χ0v) is 17.7. The van der Waals surface area contributed by atoms with Crippen molar-refractivity contribution < 1.29 is 17.9 Å². The molecule has 1 N–H and O–H groups in total. The zero-order chi connectivity index (χ0) is 21.0. The number of likely N-dealkylation sites (N-methyl/N-ethyl adjacent to an activating group) is 1. The fourth-order valence-electron chi connectivity index (χ4n) is 3.42. The molecule has 7 heteroatoms. The number of hydrogen-bond donors (Lipinski definition) is 1. The molecule has 0 amide bonds. The summed E-state index contributed by atoms with van der Waals surface area (Å²) in [6, 6.07) is 14.4. The summed E-state index contributed by atoms with van der Waals surface area (Å²) in [5.74, 6) is 0.615. The molecule has 0 radical (unpaired) electrons. The first-order valence-corrected chi connectivity index (χ1v) is 11.2. The molecular formula is C22H26N2O4S. The zero-order valence-electron chi connectivity index (χ0n) is 16.9. The number of Topliss-reactive ketones (excluding diaryl/α,β-unsaturated/α-hetero) is 1. The van der Waals surface area contributed by atoms with Gasteiger partial charge in [0.05, 0.1) is 11.4 Å². The van der Waals surface area contributed by atoms with Crippen LogP contribution < -0.4 is 9.46 Å².